The summed E-state index contributed by atoms with van der Waals surface area (Å²) in [6, 6.07) is 20.5. The lowest BCUT2D eigenvalue weighted by atomic mass is 10.2. The first-order chi connectivity index (χ1) is 12.6. The van der Waals surface area contributed by atoms with Crippen molar-refractivity contribution in [3.63, 3.8) is 0 Å². The van der Waals surface area contributed by atoms with E-state index in [-0.39, 0.29) is 11.8 Å². The average molecular weight is 459 g/mol. The molecule has 1 aromatic heterocycles. The van der Waals surface area contributed by atoms with Crippen LogP contribution in [0, 0.1) is 3.57 Å². The van der Waals surface area contributed by atoms with Crippen molar-refractivity contribution in [1.29, 1.82) is 0 Å². The third-order valence-corrected chi connectivity index (χ3v) is 4.47. The molecule has 2 N–H and O–H groups in total. The van der Waals surface area contributed by atoms with Crippen molar-refractivity contribution >= 4 is 34.4 Å². The molecule has 0 bridgehead atoms. The van der Waals surface area contributed by atoms with E-state index in [0.29, 0.717) is 24.3 Å². The van der Waals surface area contributed by atoms with Gasteiger partial charge in [-0.3, -0.25) is 9.59 Å². The summed E-state index contributed by atoms with van der Waals surface area (Å²) in [6.07, 6.45) is 1.86. The Bertz CT molecular complexity index is 906. The molecule has 0 saturated carbocycles. The van der Waals surface area contributed by atoms with Crippen LogP contribution in [0.2, 0.25) is 0 Å². The molecule has 0 aliphatic heterocycles. The van der Waals surface area contributed by atoms with Gasteiger partial charge < -0.3 is 15.2 Å². The molecule has 0 aliphatic carbocycles. The minimum absolute atomic E-state index is 0.151. The molecular formula is C20H18IN3O2. The molecule has 132 valence electrons. The third-order valence-electron chi connectivity index (χ3n) is 3.80. The maximum atomic E-state index is 12.5. The van der Waals surface area contributed by atoms with Crippen molar-refractivity contribution in [2.75, 3.05) is 13.1 Å². The van der Waals surface area contributed by atoms with E-state index in [1.165, 1.54) is 0 Å². The second kappa shape index (κ2) is 8.66. The predicted molar refractivity (Wildman–Crippen MR) is 110 cm³/mol. The maximum absolute atomic E-state index is 12.5. The van der Waals surface area contributed by atoms with Gasteiger partial charge in [0, 0.05) is 34.1 Å². The van der Waals surface area contributed by atoms with E-state index in [9.17, 15) is 9.59 Å². The number of hydrogen-bond acceptors (Lipinski definition) is 2. The zero-order chi connectivity index (χ0) is 18.4. The largest absolute Gasteiger partial charge is 0.350 e. The van der Waals surface area contributed by atoms with Crippen LogP contribution >= 0.6 is 22.6 Å². The number of carbonyl (C=O) groups is 2. The van der Waals surface area contributed by atoms with Gasteiger partial charge in [-0.2, -0.15) is 0 Å². The Balaban J connectivity index is 1.55. The van der Waals surface area contributed by atoms with E-state index < -0.39 is 0 Å². The monoisotopic (exact) mass is 459 g/mol. The van der Waals surface area contributed by atoms with Crippen molar-refractivity contribution in [3.8, 4) is 5.69 Å². The van der Waals surface area contributed by atoms with Gasteiger partial charge in [0.15, 0.2) is 0 Å². The van der Waals surface area contributed by atoms with Gasteiger partial charge in [0.05, 0.1) is 0 Å². The molecule has 0 spiro atoms. The van der Waals surface area contributed by atoms with Crippen molar-refractivity contribution < 1.29 is 9.59 Å². The summed E-state index contributed by atoms with van der Waals surface area (Å²) in [5, 5.41) is 5.63. The molecule has 1 heterocycles. The van der Waals surface area contributed by atoms with E-state index in [1.54, 1.807) is 18.2 Å². The molecule has 2 aromatic carbocycles. The van der Waals surface area contributed by atoms with Crippen LogP contribution in [0.25, 0.3) is 5.69 Å². The van der Waals surface area contributed by atoms with Gasteiger partial charge in [-0.05, 0) is 65.1 Å². The van der Waals surface area contributed by atoms with Gasteiger partial charge in [0.1, 0.15) is 5.69 Å². The van der Waals surface area contributed by atoms with Gasteiger partial charge in [-0.25, -0.2) is 0 Å². The molecule has 3 rings (SSSR count). The van der Waals surface area contributed by atoms with Crippen molar-refractivity contribution in [2.24, 2.45) is 0 Å². The topological polar surface area (TPSA) is 63.1 Å². The highest BCUT2D eigenvalue weighted by Crippen LogP contribution is 2.15. The number of aromatic nitrogens is 1. The lowest BCUT2D eigenvalue weighted by molar-refractivity contribution is 0.0924. The standard InChI is InChI=1S/C20H18IN3O2/c21-16-8-4-9-17(14-16)24-13-5-10-18(24)20(26)23-12-11-22-19(25)15-6-2-1-3-7-15/h1-10,13-14H,11-12H2,(H,22,25)(H,23,26). The molecule has 5 nitrogen and oxygen atoms in total. The van der Waals surface area contributed by atoms with Gasteiger partial charge in [0.25, 0.3) is 11.8 Å². The number of rotatable bonds is 6. The predicted octanol–water partition coefficient (Wildman–Crippen LogP) is 3.24. The Kier molecular flexibility index (Phi) is 6.06. The first-order valence-corrected chi connectivity index (χ1v) is 9.28. The highest BCUT2D eigenvalue weighted by molar-refractivity contribution is 14.1. The smallest absolute Gasteiger partial charge is 0.268 e. The van der Waals surface area contributed by atoms with Gasteiger partial charge in [0.2, 0.25) is 0 Å². The molecule has 0 aliphatic rings. The first kappa shape index (κ1) is 18.2. The van der Waals surface area contributed by atoms with Crippen LogP contribution in [0.4, 0.5) is 0 Å². The molecular weight excluding hydrogens is 441 g/mol. The zero-order valence-corrected chi connectivity index (χ0v) is 16.1. The molecule has 0 radical (unpaired) electrons. The number of nitrogens with zero attached hydrogens (tertiary/aromatic N) is 1. The molecule has 0 saturated heterocycles. The number of hydrogen-bond donors (Lipinski definition) is 2. The van der Waals surface area contributed by atoms with Crippen LogP contribution in [0.3, 0.4) is 0 Å². The minimum Gasteiger partial charge on any atom is -0.350 e. The quantitative estimate of drug-likeness (QED) is 0.439. The summed E-state index contributed by atoms with van der Waals surface area (Å²) in [6.45, 7) is 0.721. The fourth-order valence-electron chi connectivity index (χ4n) is 2.55. The Hall–Kier alpha value is -2.61. The Morgan fingerprint density at radius 3 is 2.31 bits per heavy atom. The SMILES string of the molecule is O=C(NCCNC(=O)c1cccn1-c1cccc(I)c1)c1ccccc1. The van der Waals surface area contributed by atoms with E-state index in [1.807, 2.05) is 59.3 Å². The molecule has 2 amide bonds. The van der Waals surface area contributed by atoms with Crippen molar-refractivity contribution in [1.82, 2.24) is 15.2 Å². The minimum atomic E-state index is -0.178. The summed E-state index contributed by atoms with van der Waals surface area (Å²) in [7, 11) is 0. The summed E-state index contributed by atoms with van der Waals surface area (Å²) in [5.74, 6) is -0.329. The number of benzene rings is 2. The van der Waals surface area contributed by atoms with Crippen LogP contribution in [-0.2, 0) is 0 Å². The van der Waals surface area contributed by atoms with Crippen molar-refractivity contribution in [2.45, 2.75) is 0 Å². The normalized spacial score (nSPS) is 10.3. The van der Waals surface area contributed by atoms with E-state index in [0.717, 1.165) is 9.26 Å². The molecule has 0 atom stereocenters. The van der Waals surface area contributed by atoms with Crippen LogP contribution < -0.4 is 10.6 Å². The van der Waals surface area contributed by atoms with Gasteiger partial charge >= 0.3 is 0 Å². The average Bonchev–Trinajstić information content (AvgIpc) is 3.15. The molecule has 6 heteroatoms. The summed E-state index contributed by atoms with van der Waals surface area (Å²) in [4.78, 5) is 24.4. The van der Waals surface area contributed by atoms with Crippen LogP contribution in [0.5, 0.6) is 0 Å². The lowest BCUT2D eigenvalue weighted by Crippen LogP contribution is -2.35. The fourth-order valence-corrected chi connectivity index (χ4v) is 3.08. The van der Waals surface area contributed by atoms with Gasteiger partial charge in [-0.1, -0.05) is 24.3 Å². The molecule has 0 fully saturated rings. The van der Waals surface area contributed by atoms with Crippen LogP contribution in [0.15, 0.2) is 72.9 Å². The van der Waals surface area contributed by atoms with Crippen molar-refractivity contribution in [3.05, 3.63) is 87.8 Å². The zero-order valence-electron chi connectivity index (χ0n) is 14.0. The molecule has 26 heavy (non-hydrogen) atoms. The van der Waals surface area contributed by atoms with Crippen LogP contribution in [0.1, 0.15) is 20.8 Å². The van der Waals surface area contributed by atoms with E-state index in [2.05, 4.69) is 33.2 Å². The number of carbonyl (C=O) groups excluding carboxylic acids is 2. The maximum Gasteiger partial charge on any atom is 0.268 e. The summed E-state index contributed by atoms with van der Waals surface area (Å²) in [5.41, 5.74) is 2.09. The second-order valence-electron chi connectivity index (χ2n) is 5.62. The first-order valence-electron chi connectivity index (χ1n) is 8.20. The van der Waals surface area contributed by atoms with E-state index in [4.69, 9.17) is 0 Å². The Morgan fingerprint density at radius 1 is 0.846 bits per heavy atom. The molecule has 0 unspecified atom stereocenters. The highest BCUT2D eigenvalue weighted by Gasteiger charge is 2.12. The Labute approximate surface area is 165 Å². The van der Waals surface area contributed by atoms with Crippen LogP contribution in [-0.4, -0.2) is 29.5 Å². The second-order valence-corrected chi connectivity index (χ2v) is 6.87. The number of nitrogens with one attached hydrogen (secondary N) is 2. The third kappa shape index (κ3) is 4.51. The summed E-state index contributed by atoms with van der Waals surface area (Å²) < 4.78 is 2.95. The molecule has 3 aromatic rings. The number of halogens is 1. The Morgan fingerprint density at radius 2 is 1.58 bits per heavy atom. The number of amides is 2. The van der Waals surface area contributed by atoms with Gasteiger partial charge in [-0.15, -0.1) is 0 Å². The van der Waals surface area contributed by atoms with E-state index >= 15 is 0 Å². The fraction of sp³-hybridized carbons (Fsp3) is 0.100. The highest BCUT2D eigenvalue weighted by atomic mass is 127. The lowest BCUT2D eigenvalue weighted by Gasteiger charge is -2.11. The summed E-state index contributed by atoms with van der Waals surface area (Å²) >= 11 is 2.24.